The molecule has 0 spiro atoms. The number of hydrogen-bond donors (Lipinski definition) is 2. The quantitative estimate of drug-likeness (QED) is 0.630. The van der Waals surface area contributed by atoms with Crippen molar-refractivity contribution < 1.29 is 4.39 Å². The second kappa shape index (κ2) is 7.18. The monoisotopic (exact) mass is 356 g/mol. The standard InChI is InChI=1S/C15H15BrClFN2/c16-12-6-4-10(5-7-12)8-13(20-19)9-11-2-1-3-14(17)15(11)18/h1-7,13,20H,8-9,19H2. The Morgan fingerprint density at radius 1 is 1.15 bits per heavy atom. The van der Waals surface area contributed by atoms with Gasteiger partial charge in [-0.25, -0.2) is 4.39 Å². The Labute approximate surface area is 131 Å². The maximum Gasteiger partial charge on any atom is 0.145 e. The van der Waals surface area contributed by atoms with E-state index in [1.54, 1.807) is 18.2 Å². The van der Waals surface area contributed by atoms with E-state index in [0.29, 0.717) is 12.0 Å². The molecule has 1 unspecified atom stereocenters. The van der Waals surface area contributed by atoms with E-state index in [4.69, 9.17) is 17.4 Å². The zero-order valence-electron chi connectivity index (χ0n) is 10.7. The summed E-state index contributed by atoms with van der Waals surface area (Å²) in [6.45, 7) is 0. The molecule has 0 saturated carbocycles. The lowest BCUT2D eigenvalue weighted by atomic mass is 9.99. The minimum absolute atomic E-state index is 0.0517. The first-order valence-electron chi connectivity index (χ1n) is 6.23. The minimum atomic E-state index is -0.370. The second-order valence-corrected chi connectivity index (χ2v) is 5.93. The van der Waals surface area contributed by atoms with Crippen molar-refractivity contribution >= 4 is 27.5 Å². The summed E-state index contributed by atoms with van der Waals surface area (Å²) in [5.41, 5.74) is 4.44. The molecule has 0 aliphatic rings. The van der Waals surface area contributed by atoms with Gasteiger partial charge in [-0.05, 0) is 42.2 Å². The average Bonchev–Trinajstić information content (AvgIpc) is 2.45. The summed E-state index contributed by atoms with van der Waals surface area (Å²) in [5, 5.41) is 0.141. The molecule has 5 heteroatoms. The van der Waals surface area contributed by atoms with E-state index >= 15 is 0 Å². The molecule has 0 saturated heterocycles. The van der Waals surface area contributed by atoms with E-state index in [2.05, 4.69) is 21.4 Å². The normalized spacial score (nSPS) is 12.4. The molecule has 106 valence electrons. The Kier molecular flexibility index (Phi) is 5.54. The molecule has 3 N–H and O–H groups in total. The van der Waals surface area contributed by atoms with Crippen molar-refractivity contribution in [3.63, 3.8) is 0 Å². The van der Waals surface area contributed by atoms with Gasteiger partial charge in [0.25, 0.3) is 0 Å². The van der Waals surface area contributed by atoms with E-state index in [0.717, 1.165) is 16.5 Å². The van der Waals surface area contributed by atoms with Crippen LogP contribution in [0.1, 0.15) is 11.1 Å². The van der Waals surface area contributed by atoms with Crippen molar-refractivity contribution in [3.05, 3.63) is 68.9 Å². The summed E-state index contributed by atoms with van der Waals surface area (Å²) in [5.74, 6) is 5.20. The van der Waals surface area contributed by atoms with E-state index in [1.807, 2.05) is 24.3 Å². The number of halogens is 3. The third kappa shape index (κ3) is 4.03. The second-order valence-electron chi connectivity index (χ2n) is 4.61. The predicted octanol–water partition coefficient (Wildman–Crippen LogP) is 3.86. The van der Waals surface area contributed by atoms with Crippen molar-refractivity contribution in [2.75, 3.05) is 0 Å². The van der Waals surface area contributed by atoms with Crippen LogP contribution in [-0.4, -0.2) is 6.04 Å². The summed E-state index contributed by atoms with van der Waals surface area (Å²) in [7, 11) is 0. The van der Waals surface area contributed by atoms with Crippen LogP contribution in [0.5, 0.6) is 0 Å². The van der Waals surface area contributed by atoms with Gasteiger partial charge in [0.15, 0.2) is 0 Å². The molecular weight excluding hydrogens is 343 g/mol. The Morgan fingerprint density at radius 3 is 2.50 bits per heavy atom. The molecule has 0 bridgehead atoms. The summed E-state index contributed by atoms with van der Waals surface area (Å²) in [6, 6.07) is 12.9. The Balaban J connectivity index is 2.09. The summed E-state index contributed by atoms with van der Waals surface area (Å²) in [4.78, 5) is 0. The van der Waals surface area contributed by atoms with E-state index < -0.39 is 0 Å². The highest BCUT2D eigenvalue weighted by Gasteiger charge is 2.13. The lowest BCUT2D eigenvalue weighted by Gasteiger charge is -2.17. The molecule has 0 aliphatic heterocycles. The van der Waals surface area contributed by atoms with Crippen LogP contribution >= 0.6 is 27.5 Å². The molecule has 0 radical (unpaired) electrons. The van der Waals surface area contributed by atoms with Crippen LogP contribution in [-0.2, 0) is 12.8 Å². The third-order valence-electron chi connectivity index (χ3n) is 3.13. The van der Waals surface area contributed by atoms with Gasteiger partial charge in [0.2, 0.25) is 0 Å². The number of hydrazine groups is 1. The average molecular weight is 358 g/mol. The molecular formula is C15H15BrClFN2. The summed E-state index contributed by atoms with van der Waals surface area (Å²) < 4.78 is 14.9. The number of hydrogen-bond acceptors (Lipinski definition) is 2. The van der Waals surface area contributed by atoms with Crippen LogP contribution in [0.4, 0.5) is 4.39 Å². The molecule has 2 aromatic rings. The van der Waals surface area contributed by atoms with Gasteiger partial charge in [-0.3, -0.25) is 11.3 Å². The van der Waals surface area contributed by atoms with Crippen molar-refractivity contribution in [3.8, 4) is 0 Å². The number of nitrogens with one attached hydrogen (secondary N) is 1. The fraction of sp³-hybridized carbons (Fsp3) is 0.200. The highest BCUT2D eigenvalue weighted by molar-refractivity contribution is 9.10. The van der Waals surface area contributed by atoms with Crippen molar-refractivity contribution in [2.24, 2.45) is 5.84 Å². The maximum atomic E-state index is 13.9. The first-order valence-corrected chi connectivity index (χ1v) is 7.40. The SMILES string of the molecule is NNC(Cc1ccc(Br)cc1)Cc1cccc(Cl)c1F. The van der Waals surface area contributed by atoms with Crippen LogP contribution in [0.15, 0.2) is 46.9 Å². The van der Waals surface area contributed by atoms with Gasteiger partial charge in [0.1, 0.15) is 5.82 Å². The number of benzene rings is 2. The number of nitrogens with two attached hydrogens (primary N) is 1. The van der Waals surface area contributed by atoms with Crippen LogP contribution in [0.3, 0.4) is 0 Å². The van der Waals surface area contributed by atoms with Crippen molar-refractivity contribution in [1.29, 1.82) is 0 Å². The van der Waals surface area contributed by atoms with Crippen LogP contribution in [0, 0.1) is 5.82 Å². The van der Waals surface area contributed by atoms with Gasteiger partial charge in [-0.2, -0.15) is 0 Å². The molecule has 0 fully saturated rings. The molecule has 2 rings (SSSR count). The predicted molar refractivity (Wildman–Crippen MR) is 84.1 cm³/mol. The molecule has 0 heterocycles. The van der Waals surface area contributed by atoms with Gasteiger partial charge in [-0.1, -0.05) is 51.8 Å². The lowest BCUT2D eigenvalue weighted by molar-refractivity contribution is 0.506. The summed E-state index contributed by atoms with van der Waals surface area (Å²) in [6.07, 6.45) is 1.20. The molecule has 1 atom stereocenters. The van der Waals surface area contributed by atoms with Crippen LogP contribution in [0.2, 0.25) is 5.02 Å². The topological polar surface area (TPSA) is 38.0 Å². The molecule has 0 aromatic heterocycles. The third-order valence-corrected chi connectivity index (χ3v) is 3.95. The zero-order valence-corrected chi connectivity index (χ0v) is 13.1. The van der Waals surface area contributed by atoms with E-state index in [1.165, 1.54) is 0 Å². The fourth-order valence-corrected chi connectivity index (χ4v) is 2.53. The lowest BCUT2D eigenvalue weighted by Crippen LogP contribution is -2.38. The first kappa shape index (κ1) is 15.4. The van der Waals surface area contributed by atoms with Crippen molar-refractivity contribution in [2.45, 2.75) is 18.9 Å². The van der Waals surface area contributed by atoms with Gasteiger partial charge in [0, 0.05) is 10.5 Å². The van der Waals surface area contributed by atoms with Gasteiger partial charge >= 0.3 is 0 Å². The number of rotatable bonds is 5. The summed E-state index contributed by atoms with van der Waals surface area (Å²) >= 11 is 9.18. The molecule has 0 aliphatic carbocycles. The minimum Gasteiger partial charge on any atom is -0.271 e. The molecule has 0 amide bonds. The largest absolute Gasteiger partial charge is 0.271 e. The van der Waals surface area contributed by atoms with Gasteiger partial charge < -0.3 is 0 Å². The van der Waals surface area contributed by atoms with E-state index in [9.17, 15) is 4.39 Å². The Hall–Kier alpha value is -0.940. The Morgan fingerprint density at radius 2 is 1.85 bits per heavy atom. The fourth-order valence-electron chi connectivity index (χ4n) is 2.07. The van der Waals surface area contributed by atoms with Crippen LogP contribution in [0.25, 0.3) is 0 Å². The molecule has 2 nitrogen and oxygen atoms in total. The molecule has 20 heavy (non-hydrogen) atoms. The first-order chi connectivity index (χ1) is 9.60. The van der Waals surface area contributed by atoms with Crippen LogP contribution < -0.4 is 11.3 Å². The van der Waals surface area contributed by atoms with Crippen molar-refractivity contribution in [1.82, 2.24) is 5.43 Å². The van der Waals surface area contributed by atoms with Gasteiger partial charge in [0.05, 0.1) is 5.02 Å². The molecule has 2 aromatic carbocycles. The van der Waals surface area contributed by atoms with E-state index in [-0.39, 0.29) is 16.9 Å². The smallest absolute Gasteiger partial charge is 0.145 e. The highest BCUT2D eigenvalue weighted by atomic mass is 79.9. The van der Waals surface area contributed by atoms with Gasteiger partial charge in [-0.15, -0.1) is 0 Å². The Bertz CT molecular complexity index is 575. The maximum absolute atomic E-state index is 13.9. The zero-order chi connectivity index (χ0) is 14.5. The highest BCUT2D eigenvalue weighted by Crippen LogP contribution is 2.20.